The quantitative estimate of drug-likeness (QED) is 0.764. The Bertz CT molecular complexity index is 865. The van der Waals surface area contributed by atoms with E-state index in [4.69, 9.17) is 0 Å². The van der Waals surface area contributed by atoms with Gasteiger partial charge in [-0.2, -0.15) is 0 Å². The highest BCUT2D eigenvalue weighted by atomic mass is 19.1. The summed E-state index contributed by atoms with van der Waals surface area (Å²) in [6.45, 7) is 1.97. The Morgan fingerprint density at radius 1 is 1.04 bits per heavy atom. The van der Waals surface area contributed by atoms with E-state index < -0.39 is 5.82 Å². The number of amides is 1. The summed E-state index contributed by atoms with van der Waals surface area (Å²) in [5.41, 5.74) is 2.21. The van der Waals surface area contributed by atoms with E-state index in [-0.39, 0.29) is 23.2 Å². The van der Waals surface area contributed by atoms with Crippen LogP contribution in [-0.4, -0.2) is 15.9 Å². The van der Waals surface area contributed by atoms with E-state index in [2.05, 4.69) is 20.6 Å². The molecule has 0 aliphatic carbocycles. The number of hydrogen-bond donors (Lipinski definition) is 2. The van der Waals surface area contributed by atoms with Gasteiger partial charge in [0.25, 0.3) is 5.91 Å². The Balaban J connectivity index is 1.76. The van der Waals surface area contributed by atoms with Crippen molar-refractivity contribution in [2.45, 2.75) is 6.92 Å². The molecule has 1 amide bonds. The van der Waals surface area contributed by atoms with Crippen LogP contribution in [0, 0.1) is 12.7 Å². The Kier molecular flexibility index (Phi) is 4.47. The number of hydrogen-bond acceptors (Lipinski definition) is 4. The van der Waals surface area contributed by atoms with Gasteiger partial charge in [-0.3, -0.25) is 4.79 Å². The minimum absolute atomic E-state index is 0.150. The molecular weight excluding hydrogens is 307 g/mol. The highest BCUT2D eigenvalue weighted by Crippen LogP contribution is 2.17. The number of halogens is 1. The van der Waals surface area contributed by atoms with E-state index in [0.717, 1.165) is 5.56 Å². The number of rotatable bonds is 4. The average molecular weight is 322 g/mol. The van der Waals surface area contributed by atoms with Crippen molar-refractivity contribution < 1.29 is 9.18 Å². The molecule has 6 heteroatoms. The summed E-state index contributed by atoms with van der Waals surface area (Å²) in [5, 5.41) is 5.52. The van der Waals surface area contributed by atoms with E-state index in [1.807, 2.05) is 31.2 Å². The van der Waals surface area contributed by atoms with Crippen LogP contribution in [-0.2, 0) is 0 Å². The number of carbonyl (C=O) groups excluding carboxylic acids is 1. The molecule has 1 aromatic heterocycles. The summed E-state index contributed by atoms with van der Waals surface area (Å²) in [6.07, 6.45) is 1.44. The van der Waals surface area contributed by atoms with Crippen LogP contribution in [0.1, 0.15) is 16.1 Å². The number of nitrogens with zero attached hydrogens (tertiary/aromatic N) is 2. The maximum atomic E-state index is 13.7. The largest absolute Gasteiger partial charge is 0.322 e. The Morgan fingerprint density at radius 2 is 1.79 bits per heavy atom. The first-order valence-electron chi connectivity index (χ1n) is 7.34. The summed E-state index contributed by atoms with van der Waals surface area (Å²) in [4.78, 5) is 20.4. The summed E-state index contributed by atoms with van der Waals surface area (Å²) in [5.74, 6) is -0.634. The molecule has 0 radical (unpaired) electrons. The first-order valence-corrected chi connectivity index (χ1v) is 7.34. The lowest BCUT2D eigenvalue weighted by Gasteiger charge is -2.08. The molecule has 0 fully saturated rings. The number of aromatic nitrogens is 2. The first kappa shape index (κ1) is 15.6. The third kappa shape index (κ3) is 3.73. The van der Waals surface area contributed by atoms with Crippen molar-refractivity contribution in [3.05, 3.63) is 77.9 Å². The molecule has 0 saturated heterocycles. The van der Waals surface area contributed by atoms with Gasteiger partial charge in [-0.1, -0.05) is 29.8 Å². The summed E-state index contributed by atoms with van der Waals surface area (Å²) < 4.78 is 13.7. The molecule has 3 rings (SSSR count). The molecule has 5 nitrogen and oxygen atoms in total. The number of para-hydroxylation sites is 1. The topological polar surface area (TPSA) is 66.9 Å². The molecule has 120 valence electrons. The van der Waals surface area contributed by atoms with Crippen molar-refractivity contribution in [1.29, 1.82) is 0 Å². The zero-order chi connectivity index (χ0) is 16.9. The van der Waals surface area contributed by atoms with E-state index in [1.165, 1.54) is 18.3 Å². The predicted octanol–water partition coefficient (Wildman–Crippen LogP) is 3.92. The predicted molar refractivity (Wildman–Crippen MR) is 90.8 cm³/mol. The van der Waals surface area contributed by atoms with Crippen LogP contribution in [0.5, 0.6) is 0 Å². The smallest absolute Gasteiger partial charge is 0.274 e. The van der Waals surface area contributed by atoms with Gasteiger partial charge in [0.05, 0.1) is 5.69 Å². The van der Waals surface area contributed by atoms with Gasteiger partial charge in [0.15, 0.2) is 0 Å². The van der Waals surface area contributed by atoms with Gasteiger partial charge in [0.1, 0.15) is 11.5 Å². The van der Waals surface area contributed by atoms with Gasteiger partial charge < -0.3 is 10.6 Å². The second kappa shape index (κ2) is 6.87. The SMILES string of the molecule is Cc1ccc(NC(=O)c2ccnc(Nc3ccccc3F)n2)cc1. The van der Waals surface area contributed by atoms with Crippen molar-refractivity contribution in [2.75, 3.05) is 10.6 Å². The Morgan fingerprint density at radius 3 is 2.54 bits per heavy atom. The van der Waals surface area contributed by atoms with Crippen molar-refractivity contribution in [3.63, 3.8) is 0 Å². The number of anilines is 3. The molecule has 2 aromatic carbocycles. The third-order valence-corrected chi connectivity index (χ3v) is 3.32. The normalized spacial score (nSPS) is 10.2. The van der Waals surface area contributed by atoms with E-state index in [0.29, 0.717) is 5.69 Å². The fourth-order valence-corrected chi connectivity index (χ4v) is 2.06. The van der Waals surface area contributed by atoms with E-state index >= 15 is 0 Å². The van der Waals surface area contributed by atoms with Crippen LogP contribution >= 0.6 is 0 Å². The summed E-state index contributed by atoms with van der Waals surface area (Å²) in [7, 11) is 0. The summed E-state index contributed by atoms with van der Waals surface area (Å²) >= 11 is 0. The number of aryl methyl sites for hydroxylation is 1. The molecule has 0 spiro atoms. The molecule has 3 aromatic rings. The van der Waals surface area contributed by atoms with Crippen molar-refractivity contribution in [3.8, 4) is 0 Å². The molecule has 2 N–H and O–H groups in total. The lowest BCUT2D eigenvalue weighted by molar-refractivity contribution is 0.102. The molecular formula is C18H15FN4O. The van der Waals surface area contributed by atoms with Gasteiger partial charge in [0.2, 0.25) is 5.95 Å². The molecule has 1 heterocycles. The van der Waals surface area contributed by atoms with Gasteiger partial charge in [-0.15, -0.1) is 0 Å². The van der Waals surface area contributed by atoms with Crippen molar-refractivity contribution in [1.82, 2.24) is 9.97 Å². The van der Waals surface area contributed by atoms with Crippen molar-refractivity contribution >= 4 is 23.2 Å². The lowest BCUT2D eigenvalue weighted by Crippen LogP contribution is -2.14. The molecule has 24 heavy (non-hydrogen) atoms. The minimum atomic E-state index is -0.421. The third-order valence-electron chi connectivity index (χ3n) is 3.32. The maximum Gasteiger partial charge on any atom is 0.274 e. The molecule has 0 aliphatic rings. The molecule has 0 saturated carbocycles. The van der Waals surface area contributed by atoms with Gasteiger partial charge in [0, 0.05) is 11.9 Å². The van der Waals surface area contributed by atoms with Gasteiger partial charge in [-0.05, 0) is 37.3 Å². The highest BCUT2D eigenvalue weighted by Gasteiger charge is 2.10. The lowest BCUT2D eigenvalue weighted by atomic mass is 10.2. The van der Waals surface area contributed by atoms with Crippen LogP contribution in [0.25, 0.3) is 0 Å². The van der Waals surface area contributed by atoms with Crippen LogP contribution < -0.4 is 10.6 Å². The number of carbonyl (C=O) groups is 1. The van der Waals surface area contributed by atoms with Crippen LogP contribution in [0.3, 0.4) is 0 Å². The fraction of sp³-hybridized carbons (Fsp3) is 0.0556. The van der Waals surface area contributed by atoms with Crippen LogP contribution in [0.4, 0.5) is 21.7 Å². The second-order valence-electron chi connectivity index (χ2n) is 5.19. The van der Waals surface area contributed by atoms with Crippen LogP contribution in [0.15, 0.2) is 60.8 Å². The van der Waals surface area contributed by atoms with Gasteiger partial charge >= 0.3 is 0 Å². The van der Waals surface area contributed by atoms with E-state index in [9.17, 15) is 9.18 Å². The Hall–Kier alpha value is -3.28. The molecule has 0 unspecified atom stereocenters. The molecule has 0 bridgehead atoms. The average Bonchev–Trinajstić information content (AvgIpc) is 2.59. The molecule has 0 aliphatic heterocycles. The monoisotopic (exact) mass is 322 g/mol. The highest BCUT2D eigenvalue weighted by molar-refractivity contribution is 6.03. The molecule has 0 atom stereocenters. The second-order valence-corrected chi connectivity index (χ2v) is 5.19. The fourth-order valence-electron chi connectivity index (χ4n) is 2.06. The van der Waals surface area contributed by atoms with Crippen molar-refractivity contribution in [2.24, 2.45) is 0 Å². The van der Waals surface area contributed by atoms with E-state index in [1.54, 1.807) is 18.2 Å². The number of benzene rings is 2. The number of nitrogens with one attached hydrogen (secondary N) is 2. The Labute approximate surface area is 138 Å². The standard InChI is InChI=1S/C18H15FN4O/c1-12-6-8-13(9-7-12)21-17(24)16-10-11-20-18(23-16)22-15-5-3-2-4-14(15)19/h2-11H,1H3,(H,21,24)(H,20,22,23). The zero-order valence-corrected chi connectivity index (χ0v) is 13.0. The van der Waals surface area contributed by atoms with Crippen LogP contribution in [0.2, 0.25) is 0 Å². The van der Waals surface area contributed by atoms with Gasteiger partial charge in [-0.25, -0.2) is 14.4 Å². The zero-order valence-electron chi connectivity index (χ0n) is 13.0. The maximum absolute atomic E-state index is 13.7. The first-order chi connectivity index (χ1) is 11.6. The minimum Gasteiger partial charge on any atom is -0.322 e. The summed E-state index contributed by atoms with van der Waals surface area (Å²) in [6, 6.07) is 15.1.